The van der Waals surface area contributed by atoms with Gasteiger partial charge in [-0.15, -0.1) is 0 Å². The molecule has 6 heteroatoms. The number of aromatic nitrogens is 4. The van der Waals surface area contributed by atoms with Crippen LogP contribution in [0.15, 0.2) is 27.8 Å². The number of hydrogen-bond donors (Lipinski definition) is 0. The van der Waals surface area contributed by atoms with E-state index in [9.17, 15) is 9.59 Å². The summed E-state index contributed by atoms with van der Waals surface area (Å²) in [6.45, 7) is 4.50. The molecule has 0 bridgehead atoms. The number of nitrogens with zero attached hydrogens (tertiary/aromatic N) is 4. The van der Waals surface area contributed by atoms with Crippen molar-refractivity contribution in [3.8, 4) is 11.5 Å². The number of aryl methyl sites for hydroxylation is 2. The second-order valence-corrected chi connectivity index (χ2v) is 4.73. The predicted molar refractivity (Wildman–Crippen MR) is 76.1 cm³/mol. The Balaban J connectivity index is 2.66. The molecule has 0 spiro atoms. The average molecular weight is 270 g/mol. The van der Waals surface area contributed by atoms with Crippen LogP contribution in [0, 0.1) is 6.92 Å². The molecule has 0 fully saturated rings. The summed E-state index contributed by atoms with van der Waals surface area (Å²) in [6.07, 6.45) is 0. The van der Waals surface area contributed by atoms with Crippen molar-refractivity contribution in [3.63, 3.8) is 0 Å². The molecular formula is C14H14N4O2. The first-order chi connectivity index (χ1) is 9.54. The summed E-state index contributed by atoms with van der Waals surface area (Å²) in [4.78, 5) is 32.4. The number of para-hydroxylation sites is 1. The van der Waals surface area contributed by atoms with Crippen LogP contribution in [0.25, 0.3) is 22.6 Å². The number of hydrogen-bond acceptors (Lipinski definition) is 4. The van der Waals surface area contributed by atoms with Crippen LogP contribution in [-0.2, 0) is 13.6 Å². The average Bonchev–Trinajstić information content (AvgIpc) is 2.44. The summed E-state index contributed by atoms with van der Waals surface area (Å²) in [5.41, 5.74) is 1.89. The van der Waals surface area contributed by atoms with Gasteiger partial charge in [0, 0.05) is 13.6 Å². The highest BCUT2D eigenvalue weighted by Gasteiger charge is 2.19. The molecule has 3 rings (SSSR count). The van der Waals surface area contributed by atoms with E-state index in [0.29, 0.717) is 12.4 Å². The minimum absolute atomic E-state index is 0.232. The Hall–Kier alpha value is -2.50. The van der Waals surface area contributed by atoms with E-state index in [0.717, 1.165) is 21.2 Å². The van der Waals surface area contributed by atoms with Crippen molar-refractivity contribution in [1.82, 2.24) is 19.1 Å². The third kappa shape index (κ3) is 1.57. The van der Waals surface area contributed by atoms with E-state index < -0.39 is 11.2 Å². The number of benzene rings is 1. The maximum atomic E-state index is 12.2. The molecule has 0 amide bonds. The van der Waals surface area contributed by atoms with Gasteiger partial charge >= 0.3 is 5.69 Å². The van der Waals surface area contributed by atoms with Gasteiger partial charge in [-0.25, -0.2) is 9.78 Å². The van der Waals surface area contributed by atoms with Gasteiger partial charge in [0.2, 0.25) is 0 Å². The fourth-order valence-electron chi connectivity index (χ4n) is 2.40. The van der Waals surface area contributed by atoms with Crippen molar-refractivity contribution in [2.45, 2.75) is 20.4 Å². The quantitative estimate of drug-likeness (QED) is 0.617. The molecule has 0 N–H and O–H groups in total. The minimum atomic E-state index is -0.557. The Morgan fingerprint density at radius 1 is 1.20 bits per heavy atom. The lowest BCUT2D eigenvalue weighted by Crippen LogP contribution is -2.36. The normalized spacial score (nSPS) is 11.3. The van der Waals surface area contributed by atoms with Crippen LogP contribution in [0.3, 0.4) is 0 Å². The molecule has 0 unspecified atom stereocenters. The molecule has 0 aliphatic carbocycles. The Labute approximate surface area is 114 Å². The standard InChI is InChI=1S/C14H14N4O2/c1-4-18-9-7-5-6-8(2)10(9)15-11-12(18)16-14(20)17(3)13(11)19/h5-7H,4H2,1-3H3. The molecule has 20 heavy (non-hydrogen) atoms. The number of fused-ring (bicyclic) bond motifs is 2. The predicted octanol–water partition coefficient (Wildman–Crippen LogP) is 0.923. The molecule has 6 nitrogen and oxygen atoms in total. The highest BCUT2D eigenvalue weighted by atomic mass is 16.2. The first kappa shape index (κ1) is 12.5. The molecule has 0 radical (unpaired) electrons. The molecule has 1 aromatic rings. The maximum Gasteiger partial charge on any atom is 0.352 e. The first-order valence-electron chi connectivity index (χ1n) is 6.41. The van der Waals surface area contributed by atoms with Crippen molar-refractivity contribution < 1.29 is 0 Å². The summed E-state index contributed by atoms with van der Waals surface area (Å²) in [5, 5.41) is 0. The highest BCUT2D eigenvalue weighted by molar-refractivity contribution is 5.82. The van der Waals surface area contributed by atoms with Gasteiger partial charge in [-0.05, 0) is 25.5 Å². The van der Waals surface area contributed by atoms with E-state index in [1.54, 1.807) is 0 Å². The van der Waals surface area contributed by atoms with E-state index in [1.807, 2.05) is 36.6 Å². The van der Waals surface area contributed by atoms with Gasteiger partial charge in [0.05, 0.1) is 11.0 Å². The molecule has 2 aliphatic rings. The third-order valence-electron chi connectivity index (χ3n) is 3.51. The summed E-state index contributed by atoms with van der Waals surface area (Å²) < 4.78 is 2.84. The topological polar surface area (TPSA) is 69.8 Å². The van der Waals surface area contributed by atoms with Crippen LogP contribution >= 0.6 is 0 Å². The lowest BCUT2D eigenvalue weighted by molar-refractivity contribution is 0.717. The van der Waals surface area contributed by atoms with Crippen LogP contribution in [0.5, 0.6) is 0 Å². The van der Waals surface area contributed by atoms with Crippen LogP contribution in [0.1, 0.15) is 12.5 Å². The summed E-state index contributed by atoms with van der Waals surface area (Å²) in [6, 6.07) is 5.79. The van der Waals surface area contributed by atoms with Crippen molar-refractivity contribution in [1.29, 1.82) is 0 Å². The summed E-state index contributed by atoms with van der Waals surface area (Å²) in [5.74, 6) is 0.346. The molecule has 0 atom stereocenters. The molecule has 0 aromatic heterocycles. The Morgan fingerprint density at radius 3 is 2.65 bits per heavy atom. The molecular weight excluding hydrogens is 256 g/mol. The zero-order valence-corrected chi connectivity index (χ0v) is 11.5. The summed E-state index contributed by atoms with van der Waals surface area (Å²) in [7, 11) is 1.41. The van der Waals surface area contributed by atoms with E-state index in [-0.39, 0.29) is 5.69 Å². The lowest BCUT2D eigenvalue weighted by atomic mass is 10.1. The van der Waals surface area contributed by atoms with Gasteiger partial charge in [0.15, 0.2) is 11.5 Å². The largest absolute Gasteiger partial charge is 0.352 e. The van der Waals surface area contributed by atoms with Crippen LogP contribution in [-0.4, -0.2) is 19.1 Å². The SMILES string of the molecule is CCn1c2nc(=O)n(C)c(=O)c-2nc2c(C)cccc21. The monoisotopic (exact) mass is 270 g/mol. The Morgan fingerprint density at radius 2 is 1.95 bits per heavy atom. The van der Waals surface area contributed by atoms with Crippen LogP contribution in [0.2, 0.25) is 0 Å². The Kier molecular flexibility index (Phi) is 2.67. The fraction of sp³-hybridized carbons (Fsp3) is 0.286. The third-order valence-corrected chi connectivity index (χ3v) is 3.51. The number of rotatable bonds is 1. The molecule has 2 heterocycles. The molecule has 1 aromatic carbocycles. The smallest absolute Gasteiger partial charge is 0.323 e. The maximum absolute atomic E-state index is 12.2. The van der Waals surface area contributed by atoms with Gasteiger partial charge in [-0.2, -0.15) is 4.98 Å². The van der Waals surface area contributed by atoms with E-state index >= 15 is 0 Å². The van der Waals surface area contributed by atoms with Crippen LogP contribution < -0.4 is 11.2 Å². The van der Waals surface area contributed by atoms with E-state index in [4.69, 9.17) is 0 Å². The van der Waals surface area contributed by atoms with E-state index in [1.165, 1.54) is 7.05 Å². The van der Waals surface area contributed by atoms with Crippen LogP contribution in [0.4, 0.5) is 0 Å². The second kappa shape index (κ2) is 4.26. The van der Waals surface area contributed by atoms with Gasteiger partial charge in [-0.3, -0.25) is 9.36 Å². The van der Waals surface area contributed by atoms with Crippen molar-refractivity contribution in [2.24, 2.45) is 7.05 Å². The minimum Gasteiger partial charge on any atom is -0.323 e. The lowest BCUT2D eigenvalue weighted by Gasteiger charge is -2.16. The van der Waals surface area contributed by atoms with Crippen molar-refractivity contribution in [2.75, 3.05) is 0 Å². The molecule has 0 saturated heterocycles. The highest BCUT2D eigenvalue weighted by Crippen LogP contribution is 2.22. The zero-order valence-electron chi connectivity index (χ0n) is 11.5. The van der Waals surface area contributed by atoms with Gasteiger partial charge in [0.25, 0.3) is 5.56 Å². The van der Waals surface area contributed by atoms with Gasteiger partial charge in [0.1, 0.15) is 0 Å². The molecule has 2 aliphatic heterocycles. The van der Waals surface area contributed by atoms with Gasteiger partial charge < -0.3 is 4.57 Å². The Bertz CT molecular complexity index is 908. The fourth-order valence-corrected chi connectivity index (χ4v) is 2.40. The first-order valence-corrected chi connectivity index (χ1v) is 6.41. The zero-order chi connectivity index (χ0) is 14.4. The van der Waals surface area contributed by atoms with Crippen molar-refractivity contribution in [3.05, 3.63) is 44.6 Å². The molecule has 102 valence electrons. The summed E-state index contributed by atoms with van der Waals surface area (Å²) >= 11 is 0. The second-order valence-electron chi connectivity index (χ2n) is 4.73. The van der Waals surface area contributed by atoms with E-state index in [2.05, 4.69) is 9.97 Å². The van der Waals surface area contributed by atoms with Gasteiger partial charge in [-0.1, -0.05) is 12.1 Å². The molecule has 0 saturated carbocycles. The van der Waals surface area contributed by atoms with Crippen molar-refractivity contribution >= 4 is 11.0 Å².